The molecular weight excluding hydrogens is 514 g/mol. The lowest BCUT2D eigenvalue weighted by molar-refractivity contribution is -0.313. The highest BCUT2D eigenvalue weighted by atomic mass is 16.6. The van der Waals surface area contributed by atoms with Gasteiger partial charge in [0, 0.05) is 56.6 Å². The van der Waals surface area contributed by atoms with Gasteiger partial charge in [-0.2, -0.15) is 0 Å². The van der Waals surface area contributed by atoms with E-state index >= 15 is 0 Å². The first kappa shape index (κ1) is 27.3. The smallest absolute Gasteiger partial charge is 0.338 e. The summed E-state index contributed by atoms with van der Waals surface area (Å²) in [6.07, 6.45) is -0.766. The predicted molar refractivity (Wildman–Crippen MR) is 143 cm³/mol. The number of likely N-dealkylation sites (tertiary alicyclic amines) is 1. The Morgan fingerprint density at radius 2 is 1.82 bits per heavy atom. The normalized spacial score (nSPS) is 52.0. The number of fused-ring (bicyclic) bond motifs is 2. The number of hydrogen-bond donors (Lipinski definition) is 3. The van der Waals surface area contributed by atoms with Crippen molar-refractivity contribution in [2.24, 2.45) is 34.5 Å². The topological polar surface area (TPSA) is 118 Å². The molecule has 40 heavy (non-hydrogen) atoms. The van der Waals surface area contributed by atoms with E-state index in [0.29, 0.717) is 12.2 Å². The monoisotopic (exact) mass is 557 g/mol. The average molecular weight is 558 g/mol. The summed E-state index contributed by atoms with van der Waals surface area (Å²) >= 11 is 0. The first-order valence-corrected chi connectivity index (χ1v) is 14.9. The Kier molecular flexibility index (Phi) is 6.10. The molecule has 6 fully saturated rings. The molecule has 13 atom stereocenters. The molecule has 7 bridgehead atoms. The molecule has 9 heteroatoms. The van der Waals surface area contributed by atoms with Crippen LogP contribution in [0.3, 0.4) is 0 Å². The van der Waals surface area contributed by atoms with E-state index in [1.165, 1.54) is 7.11 Å². The second-order valence-corrected chi connectivity index (χ2v) is 13.5. The van der Waals surface area contributed by atoms with Crippen LogP contribution in [-0.2, 0) is 18.9 Å². The molecule has 9 nitrogen and oxygen atoms in total. The third kappa shape index (κ3) is 2.95. The third-order valence-electron chi connectivity index (χ3n) is 12.5. The minimum Gasteiger partial charge on any atom is -0.455 e. The quantitative estimate of drug-likeness (QED) is 0.429. The molecular formula is C31H43NO8. The predicted octanol–water partition coefficient (Wildman–Crippen LogP) is 1.48. The number of ether oxygens (including phenoxy) is 4. The highest BCUT2D eigenvalue weighted by molar-refractivity contribution is 5.89. The number of carbonyl (C=O) groups excluding carboxylic acids is 1. The summed E-state index contributed by atoms with van der Waals surface area (Å²) in [5, 5.41) is 37.3. The van der Waals surface area contributed by atoms with Gasteiger partial charge in [0.1, 0.15) is 29.5 Å². The van der Waals surface area contributed by atoms with Crippen LogP contribution in [0.2, 0.25) is 0 Å². The molecule has 0 unspecified atom stereocenters. The molecule has 6 aliphatic rings. The number of carbonyl (C=O) groups is 1. The fourth-order valence-electron chi connectivity index (χ4n) is 11.6. The van der Waals surface area contributed by atoms with Crippen LogP contribution >= 0.6 is 0 Å². The number of benzene rings is 1. The summed E-state index contributed by atoms with van der Waals surface area (Å²) in [6, 6.07) is 8.69. The Morgan fingerprint density at radius 3 is 2.48 bits per heavy atom. The lowest BCUT2D eigenvalue weighted by Gasteiger charge is -2.69. The lowest BCUT2D eigenvalue weighted by atomic mass is 9.43. The maximum absolute atomic E-state index is 13.4. The zero-order valence-corrected chi connectivity index (χ0v) is 23.9. The largest absolute Gasteiger partial charge is 0.455 e. The van der Waals surface area contributed by atoms with Gasteiger partial charge < -0.3 is 34.3 Å². The van der Waals surface area contributed by atoms with E-state index in [1.807, 2.05) is 6.07 Å². The summed E-state index contributed by atoms with van der Waals surface area (Å²) in [6.45, 7) is 4.44. The van der Waals surface area contributed by atoms with Crippen molar-refractivity contribution in [2.45, 2.75) is 74.3 Å². The van der Waals surface area contributed by atoms with Crippen molar-refractivity contribution in [1.29, 1.82) is 0 Å². The number of nitrogens with zero attached hydrogens (tertiary/aromatic N) is 1. The van der Waals surface area contributed by atoms with Crippen LogP contribution < -0.4 is 0 Å². The Morgan fingerprint density at radius 1 is 1.07 bits per heavy atom. The second kappa shape index (κ2) is 8.96. The van der Waals surface area contributed by atoms with Crippen LogP contribution in [0.1, 0.15) is 43.0 Å². The molecule has 0 amide bonds. The van der Waals surface area contributed by atoms with Crippen molar-refractivity contribution in [1.82, 2.24) is 4.90 Å². The minimum atomic E-state index is -1.66. The van der Waals surface area contributed by atoms with Gasteiger partial charge in [0.15, 0.2) is 0 Å². The maximum Gasteiger partial charge on any atom is 0.338 e. The summed E-state index contributed by atoms with van der Waals surface area (Å²) in [4.78, 5) is 15.9. The molecule has 1 aliphatic heterocycles. The maximum atomic E-state index is 13.4. The van der Waals surface area contributed by atoms with Gasteiger partial charge in [-0.3, -0.25) is 4.90 Å². The summed E-state index contributed by atoms with van der Waals surface area (Å²) in [7, 11) is 4.98. The molecule has 0 radical (unpaired) electrons. The first-order valence-electron chi connectivity index (χ1n) is 14.9. The first-order chi connectivity index (χ1) is 19.2. The van der Waals surface area contributed by atoms with Crippen LogP contribution in [-0.4, -0.2) is 109 Å². The highest BCUT2D eigenvalue weighted by Crippen LogP contribution is 2.79. The van der Waals surface area contributed by atoms with Crippen molar-refractivity contribution >= 4 is 5.97 Å². The number of rotatable bonds is 7. The van der Waals surface area contributed by atoms with E-state index in [9.17, 15) is 20.1 Å². The molecule has 1 aromatic rings. The molecule has 5 saturated carbocycles. The summed E-state index contributed by atoms with van der Waals surface area (Å²) in [5.41, 5.74) is -3.42. The van der Waals surface area contributed by atoms with Crippen LogP contribution in [0.4, 0.5) is 0 Å². The molecule has 7 rings (SSSR count). The molecule has 1 spiro atoms. The number of esters is 1. The zero-order valence-electron chi connectivity index (χ0n) is 23.9. The van der Waals surface area contributed by atoms with Crippen LogP contribution in [0.15, 0.2) is 30.3 Å². The van der Waals surface area contributed by atoms with Gasteiger partial charge in [-0.1, -0.05) is 25.1 Å². The Hall–Kier alpha value is -1.59. The SMILES string of the molecule is CCN1C[C@]2(COC)CC[C@H](OC)[C@@]34[C@@H]5C[C@@]6(O)[C@H](OC(=O)c7ccccc7)[C@@H]5[C@](O)([C@@H](O)[C@@H]6OC)[C@@H](C[C@H]23)[C@@H]14. The van der Waals surface area contributed by atoms with E-state index in [2.05, 4.69) is 11.8 Å². The van der Waals surface area contributed by atoms with E-state index in [-0.39, 0.29) is 41.7 Å². The molecule has 3 N–H and O–H groups in total. The molecule has 1 aromatic carbocycles. The van der Waals surface area contributed by atoms with Crippen molar-refractivity contribution < 1.29 is 39.1 Å². The summed E-state index contributed by atoms with van der Waals surface area (Å²) in [5.74, 6) is -1.59. The minimum absolute atomic E-state index is 0.0398. The lowest BCUT2D eigenvalue weighted by Crippen LogP contribution is -2.80. The number of aliphatic hydroxyl groups excluding tert-OH is 1. The summed E-state index contributed by atoms with van der Waals surface area (Å²) < 4.78 is 24.2. The fraction of sp³-hybridized carbons (Fsp3) is 0.774. The number of piperidine rings is 1. The highest BCUT2D eigenvalue weighted by Gasteiger charge is 2.88. The van der Waals surface area contributed by atoms with Gasteiger partial charge in [0.25, 0.3) is 0 Å². The van der Waals surface area contributed by atoms with Crippen LogP contribution in [0, 0.1) is 34.5 Å². The molecule has 1 heterocycles. The Balaban J connectivity index is 1.43. The van der Waals surface area contributed by atoms with E-state index in [4.69, 9.17) is 18.9 Å². The zero-order chi connectivity index (χ0) is 28.2. The third-order valence-corrected chi connectivity index (χ3v) is 12.5. The average Bonchev–Trinajstić information content (AvgIpc) is 3.36. The van der Waals surface area contributed by atoms with Gasteiger partial charge >= 0.3 is 5.97 Å². The van der Waals surface area contributed by atoms with Crippen LogP contribution in [0.25, 0.3) is 0 Å². The second-order valence-electron chi connectivity index (χ2n) is 13.5. The van der Waals surface area contributed by atoms with Crippen molar-refractivity contribution in [3.05, 3.63) is 35.9 Å². The van der Waals surface area contributed by atoms with Gasteiger partial charge in [-0.05, 0) is 56.2 Å². The number of hydrogen-bond acceptors (Lipinski definition) is 9. The van der Waals surface area contributed by atoms with Crippen molar-refractivity contribution in [3.63, 3.8) is 0 Å². The van der Waals surface area contributed by atoms with Gasteiger partial charge in [0.05, 0.1) is 18.3 Å². The number of methoxy groups -OCH3 is 3. The van der Waals surface area contributed by atoms with Crippen LogP contribution in [0.5, 0.6) is 0 Å². The molecule has 220 valence electrons. The van der Waals surface area contributed by atoms with Crippen molar-refractivity contribution in [2.75, 3.05) is 41.0 Å². The van der Waals surface area contributed by atoms with Crippen molar-refractivity contribution in [3.8, 4) is 0 Å². The van der Waals surface area contributed by atoms with Gasteiger partial charge in [-0.25, -0.2) is 4.79 Å². The van der Waals surface area contributed by atoms with E-state index < -0.39 is 46.8 Å². The van der Waals surface area contributed by atoms with E-state index in [1.54, 1.807) is 38.5 Å². The molecule has 0 aromatic heterocycles. The Bertz CT molecular complexity index is 1170. The molecule has 5 aliphatic carbocycles. The standard InChI is InChI=1S/C31H43NO8/c1-5-32-15-28(16-37-2)12-11-21(38-3)30-19-14-29(35)25(40-27(34)17-9-7-6-8-10-17)22(19)31(36,24(33)26(29)39-4)18(23(30)32)13-20(28)30/h6-10,18-26,33,35-36H,5,11-16H2,1-4H3/t18-,19+,20+,21-,22+,23+,24-,25+,26-,28-,29+,30+,31-/m0/s1. The number of aliphatic hydroxyl groups is 3. The van der Waals surface area contributed by atoms with Gasteiger partial charge in [-0.15, -0.1) is 0 Å². The van der Waals surface area contributed by atoms with Gasteiger partial charge in [0.2, 0.25) is 0 Å². The Labute approximate surface area is 235 Å². The fourth-order valence-corrected chi connectivity index (χ4v) is 11.6. The molecule has 1 saturated heterocycles. The van der Waals surface area contributed by atoms with E-state index in [0.717, 1.165) is 32.4 Å².